The Kier molecular flexibility index (Phi) is 6.16. The van der Waals surface area contributed by atoms with Crippen LogP contribution < -0.4 is 5.32 Å². The van der Waals surface area contributed by atoms with Crippen molar-refractivity contribution in [1.29, 1.82) is 0 Å². The number of sulfonamides is 1. The highest BCUT2D eigenvalue weighted by atomic mass is 35.5. The van der Waals surface area contributed by atoms with Crippen molar-refractivity contribution in [2.45, 2.75) is 18.7 Å². The number of carbonyl (C=O) groups is 1. The molecule has 0 saturated carbocycles. The highest BCUT2D eigenvalue weighted by molar-refractivity contribution is 7.89. The van der Waals surface area contributed by atoms with Gasteiger partial charge in [0.25, 0.3) is 5.91 Å². The summed E-state index contributed by atoms with van der Waals surface area (Å²) in [6, 6.07) is 9.48. The SMILES string of the molecule is CCN(CC)S(=O)(=O)c1cccc(NC(=O)c2cc(Cl)ccc2F)c1. The number of carbonyl (C=O) groups excluding carboxylic acids is 1. The van der Waals surface area contributed by atoms with E-state index in [0.29, 0.717) is 13.1 Å². The molecule has 0 heterocycles. The van der Waals surface area contributed by atoms with Gasteiger partial charge in [0.1, 0.15) is 5.82 Å². The Labute approximate surface area is 151 Å². The summed E-state index contributed by atoms with van der Waals surface area (Å²) >= 11 is 5.78. The first-order valence-corrected chi connectivity index (χ1v) is 9.48. The topological polar surface area (TPSA) is 66.5 Å². The summed E-state index contributed by atoms with van der Waals surface area (Å²) in [5, 5.41) is 2.72. The molecule has 2 aromatic rings. The van der Waals surface area contributed by atoms with Gasteiger partial charge in [-0.3, -0.25) is 4.79 Å². The average Bonchev–Trinajstić information content (AvgIpc) is 2.58. The third-order valence-corrected chi connectivity index (χ3v) is 5.89. The summed E-state index contributed by atoms with van der Waals surface area (Å²) in [6.45, 7) is 4.16. The summed E-state index contributed by atoms with van der Waals surface area (Å²) in [7, 11) is -3.65. The van der Waals surface area contributed by atoms with Crippen LogP contribution >= 0.6 is 11.6 Å². The second-order valence-electron chi connectivity index (χ2n) is 5.20. The van der Waals surface area contributed by atoms with Crippen LogP contribution in [0.5, 0.6) is 0 Å². The minimum atomic E-state index is -3.65. The lowest BCUT2D eigenvalue weighted by molar-refractivity contribution is 0.102. The average molecular weight is 385 g/mol. The molecule has 0 aliphatic carbocycles. The predicted molar refractivity (Wildman–Crippen MR) is 95.9 cm³/mol. The quantitative estimate of drug-likeness (QED) is 0.824. The van der Waals surface area contributed by atoms with Gasteiger partial charge in [-0.25, -0.2) is 12.8 Å². The molecule has 0 saturated heterocycles. The lowest BCUT2D eigenvalue weighted by Gasteiger charge is -2.18. The summed E-state index contributed by atoms with van der Waals surface area (Å²) in [5.74, 6) is -1.42. The van der Waals surface area contributed by atoms with Crippen LogP contribution in [0.3, 0.4) is 0 Å². The van der Waals surface area contributed by atoms with Gasteiger partial charge >= 0.3 is 0 Å². The van der Waals surface area contributed by atoms with Crippen molar-refractivity contribution in [3.05, 3.63) is 58.9 Å². The molecule has 0 atom stereocenters. The molecule has 1 N–H and O–H groups in total. The maximum absolute atomic E-state index is 13.8. The van der Waals surface area contributed by atoms with Crippen LogP contribution in [0.25, 0.3) is 0 Å². The second kappa shape index (κ2) is 7.95. The Hall–Kier alpha value is -1.96. The van der Waals surface area contributed by atoms with Gasteiger partial charge in [0.2, 0.25) is 10.0 Å². The van der Waals surface area contributed by atoms with Crippen LogP contribution in [-0.4, -0.2) is 31.7 Å². The van der Waals surface area contributed by atoms with E-state index in [9.17, 15) is 17.6 Å². The Morgan fingerprint density at radius 1 is 1.16 bits per heavy atom. The molecule has 0 fully saturated rings. The van der Waals surface area contributed by atoms with E-state index in [1.54, 1.807) is 13.8 Å². The standard InChI is InChI=1S/C17H18ClFN2O3S/c1-3-21(4-2)25(23,24)14-7-5-6-13(11-14)20-17(22)15-10-12(18)8-9-16(15)19/h5-11H,3-4H2,1-2H3,(H,20,22). The Balaban J connectivity index is 2.30. The number of halogens is 2. The van der Waals surface area contributed by atoms with Gasteiger partial charge in [-0.05, 0) is 36.4 Å². The van der Waals surface area contributed by atoms with Crippen LogP contribution in [0.15, 0.2) is 47.4 Å². The van der Waals surface area contributed by atoms with Crippen LogP contribution in [0.1, 0.15) is 24.2 Å². The monoisotopic (exact) mass is 384 g/mol. The van der Waals surface area contributed by atoms with Crippen molar-refractivity contribution in [3.8, 4) is 0 Å². The molecule has 2 aromatic carbocycles. The fourth-order valence-electron chi connectivity index (χ4n) is 2.32. The number of hydrogen-bond donors (Lipinski definition) is 1. The number of amides is 1. The zero-order valence-corrected chi connectivity index (χ0v) is 15.4. The first-order chi connectivity index (χ1) is 11.8. The summed E-state index contributed by atoms with van der Waals surface area (Å²) in [6.07, 6.45) is 0. The van der Waals surface area contributed by atoms with Crippen LogP contribution in [0.2, 0.25) is 5.02 Å². The van der Waals surface area contributed by atoms with Gasteiger partial charge in [0, 0.05) is 23.8 Å². The third-order valence-electron chi connectivity index (χ3n) is 3.61. The van der Waals surface area contributed by atoms with Gasteiger partial charge < -0.3 is 5.32 Å². The fraction of sp³-hybridized carbons (Fsp3) is 0.235. The lowest BCUT2D eigenvalue weighted by atomic mass is 10.2. The van der Waals surface area contributed by atoms with Crippen LogP contribution in [0.4, 0.5) is 10.1 Å². The van der Waals surface area contributed by atoms with E-state index < -0.39 is 21.7 Å². The molecule has 5 nitrogen and oxygen atoms in total. The Bertz CT molecular complexity index is 883. The predicted octanol–water partition coefficient (Wildman–Crippen LogP) is 3.76. The first kappa shape index (κ1) is 19.4. The zero-order valence-electron chi connectivity index (χ0n) is 13.8. The molecule has 0 radical (unpaired) electrons. The van der Waals surface area contributed by atoms with Gasteiger partial charge in [-0.15, -0.1) is 0 Å². The van der Waals surface area contributed by atoms with E-state index in [2.05, 4.69) is 5.32 Å². The van der Waals surface area contributed by atoms with E-state index in [0.717, 1.165) is 6.07 Å². The molecule has 134 valence electrons. The van der Waals surface area contributed by atoms with Crippen molar-refractivity contribution in [2.24, 2.45) is 0 Å². The van der Waals surface area contributed by atoms with Gasteiger partial charge in [0.05, 0.1) is 10.5 Å². The van der Waals surface area contributed by atoms with Crippen LogP contribution in [0, 0.1) is 5.82 Å². The molecular weight excluding hydrogens is 367 g/mol. The Morgan fingerprint density at radius 2 is 1.84 bits per heavy atom. The van der Waals surface area contributed by atoms with E-state index in [-0.39, 0.29) is 21.2 Å². The zero-order chi connectivity index (χ0) is 18.6. The molecule has 1 amide bonds. The molecular formula is C17H18ClFN2O3S. The third kappa shape index (κ3) is 4.36. The van der Waals surface area contributed by atoms with Crippen molar-refractivity contribution in [2.75, 3.05) is 18.4 Å². The number of nitrogens with zero attached hydrogens (tertiary/aromatic N) is 1. The molecule has 2 rings (SSSR count). The summed E-state index contributed by atoms with van der Waals surface area (Å²) in [5.41, 5.74) is 0.0297. The molecule has 8 heteroatoms. The molecule has 0 spiro atoms. The van der Waals surface area contributed by atoms with E-state index in [1.807, 2.05) is 0 Å². The van der Waals surface area contributed by atoms with Crippen molar-refractivity contribution >= 4 is 33.2 Å². The smallest absolute Gasteiger partial charge is 0.258 e. The Morgan fingerprint density at radius 3 is 2.48 bits per heavy atom. The number of hydrogen-bond acceptors (Lipinski definition) is 3. The number of nitrogens with one attached hydrogen (secondary N) is 1. The van der Waals surface area contributed by atoms with E-state index >= 15 is 0 Å². The second-order valence-corrected chi connectivity index (χ2v) is 7.57. The highest BCUT2D eigenvalue weighted by Crippen LogP contribution is 2.21. The number of rotatable bonds is 6. The molecule has 0 bridgehead atoms. The normalized spacial score (nSPS) is 11.6. The minimum Gasteiger partial charge on any atom is -0.322 e. The van der Waals surface area contributed by atoms with E-state index in [4.69, 9.17) is 11.6 Å². The van der Waals surface area contributed by atoms with Crippen molar-refractivity contribution in [3.63, 3.8) is 0 Å². The molecule has 0 aromatic heterocycles. The molecule has 0 aliphatic heterocycles. The lowest BCUT2D eigenvalue weighted by Crippen LogP contribution is -2.30. The largest absolute Gasteiger partial charge is 0.322 e. The summed E-state index contributed by atoms with van der Waals surface area (Å²) in [4.78, 5) is 12.3. The molecule has 0 unspecified atom stereocenters. The number of benzene rings is 2. The van der Waals surface area contributed by atoms with Gasteiger partial charge in [0.15, 0.2) is 0 Å². The first-order valence-electron chi connectivity index (χ1n) is 7.66. The highest BCUT2D eigenvalue weighted by Gasteiger charge is 2.22. The van der Waals surface area contributed by atoms with Crippen molar-refractivity contribution < 1.29 is 17.6 Å². The maximum Gasteiger partial charge on any atom is 0.258 e. The maximum atomic E-state index is 13.8. The molecule has 0 aliphatic rings. The van der Waals surface area contributed by atoms with E-state index in [1.165, 1.54) is 40.7 Å². The van der Waals surface area contributed by atoms with Crippen molar-refractivity contribution in [1.82, 2.24) is 4.31 Å². The number of anilines is 1. The van der Waals surface area contributed by atoms with Gasteiger partial charge in [-0.2, -0.15) is 4.31 Å². The fourth-order valence-corrected chi connectivity index (χ4v) is 3.99. The summed E-state index contributed by atoms with van der Waals surface area (Å²) < 4.78 is 40.2. The van der Waals surface area contributed by atoms with Crippen LogP contribution in [-0.2, 0) is 10.0 Å². The van der Waals surface area contributed by atoms with Gasteiger partial charge in [-0.1, -0.05) is 31.5 Å². The molecule has 25 heavy (non-hydrogen) atoms. The minimum absolute atomic E-state index is 0.0561.